The van der Waals surface area contributed by atoms with Gasteiger partial charge in [0.25, 0.3) is 0 Å². The first kappa shape index (κ1) is 11.8. The highest BCUT2D eigenvalue weighted by Gasteiger charge is 2.19. The van der Waals surface area contributed by atoms with Crippen molar-refractivity contribution in [2.45, 2.75) is 26.8 Å². The Bertz CT molecular complexity index is 372. The number of ether oxygens (including phenoxy) is 1. The highest BCUT2D eigenvalue weighted by atomic mass is 32.1. The van der Waals surface area contributed by atoms with Crippen LogP contribution in [0.1, 0.15) is 30.4 Å². The van der Waals surface area contributed by atoms with Gasteiger partial charge < -0.3 is 15.8 Å². The van der Waals surface area contributed by atoms with E-state index < -0.39 is 0 Å². The maximum Gasteiger partial charge on any atom is 0.176 e. The molecule has 84 valence electrons. The summed E-state index contributed by atoms with van der Waals surface area (Å²) in [5.41, 5.74) is 6.24. The van der Waals surface area contributed by atoms with Crippen molar-refractivity contribution in [1.82, 2.24) is 0 Å². The molecule has 1 heterocycles. The number of nitrogens with one attached hydrogen (secondary N) is 1. The van der Waals surface area contributed by atoms with Gasteiger partial charge >= 0.3 is 0 Å². The van der Waals surface area contributed by atoms with Gasteiger partial charge in [-0.1, -0.05) is 0 Å². The largest absolute Gasteiger partial charge is 0.492 e. The molecule has 1 aromatic rings. The van der Waals surface area contributed by atoms with Crippen LogP contribution in [0.15, 0.2) is 0 Å². The molecule has 0 atom stereocenters. The molecule has 0 aromatic carbocycles. The van der Waals surface area contributed by atoms with Gasteiger partial charge in [0.05, 0.1) is 17.7 Å². The lowest BCUT2D eigenvalue weighted by molar-refractivity contribution is 0.102. The van der Waals surface area contributed by atoms with E-state index >= 15 is 0 Å². The molecule has 15 heavy (non-hydrogen) atoms. The van der Waals surface area contributed by atoms with Gasteiger partial charge in [-0.3, -0.25) is 4.79 Å². The van der Waals surface area contributed by atoms with E-state index in [9.17, 15) is 4.79 Å². The highest BCUT2D eigenvalue weighted by molar-refractivity contribution is 7.19. The molecule has 3 N–H and O–H groups in total. The SMILES string of the molecule is COc1c(NC(C)C)sc(C(C)=O)c1N. The first-order chi connectivity index (χ1) is 6.97. The average molecular weight is 228 g/mol. The van der Waals surface area contributed by atoms with E-state index in [4.69, 9.17) is 10.5 Å². The summed E-state index contributed by atoms with van der Waals surface area (Å²) in [5, 5.41) is 4.02. The number of rotatable bonds is 4. The number of Topliss-reactive ketones (excluding diaryl/α,β-unsaturated/α-hetero) is 1. The Labute approximate surface area is 93.4 Å². The summed E-state index contributed by atoms with van der Waals surface area (Å²) >= 11 is 1.34. The van der Waals surface area contributed by atoms with Crippen LogP contribution in [0.4, 0.5) is 10.7 Å². The zero-order chi connectivity index (χ0) is 11.6. The Hall–Kier alpha value is -1.23. The van der Waals surface area contributed by atoms with E-state index in [0.29, 0.717) is 16.3 Å². The number of hydrogen-bond acceptors (Lipinski definition) is 5. The van der Waals surface area contributed by atoms with Crippen molar-refractivity contribution in [3.63, 3.8) is 0 Å². The summed E-state index contributed by atoms with van der Waals surface area (Å²) in [6.07, 6.45) is 0. The van der Waals surface area contributed by atoms with Crippen LogP contribution in [-0.2, 0) is 0 Å². The summed E-state index contributed by atoms with van der Waals surface area (Å²) in [6.45, 7) is 5.53. The fourth-order valence-corrected chi connectivity index (χ4v) is 2.38. The maximum absolute atomic E-state index is 11.3. The van der Waals surface area contributed by atoms with Crippen LogP contribution >= 0.6 is 11.3 Å². The van der Waals surface area contributed by atoms with E-state index in [1.165, 1.54) is 18.3 Å². The molecule has 0 fully saturated rings. The standard InChI is InChI=1S/C10H16N2O2S/c1-5(2)12-10-8(14-4)7(11)9(15-10)6(3)13/h5,12H,11H2,1-4H3. The van der Waals surface area contributed by atoms with E-state index in [1.807, 2.05) is 13.8 Å². The van der Waals surface area contributed by atoms with Crippen LogP contribution in [0.3, 0.4) is 0 Å². The molecular weight excluding hydrogens is 212 g/mol. The highest BCUT2D eigenvalue weighted by Crippen LogP contribution is 2.42. The number of methoxy groups -OCH3 is 1. The third-order valence-electron chi connectivity index (χ3n) is 1.84. The third kappa shape index (κ3) is 2.41. The summed E-state index contributed by atoms with van der Waals surface area (Å²) in [4.78, 5) is 11.8. The van der Waals surface area contributed by atoms with Gasteiger partial charge in [0, 0.05) is 13.0 Å². The Morgan fingerprint density at radius 3 is 2.53 bits per heavy atom. The van der Waals surface area contributed by atoms with Gasteiger partial charge in [-0.05, 0) is 13.8 Å². The lowest BCUT2D eigenvalue weighted by Gasteiger charge is -2.09. The minimum atomic E-state index is -0.0346. The van der Waals surface area contributed by atoms with Crippen LogP contribution in [0.2, 0.25) is 0 Å². The lowest BCUT2D eigenvalue weighted by Crippen LogP contribution is -2.09. The second-order valence-corrected chi connectivity index (χ2v) is 4.58. The molecule has 0 aliphatic carbocycles. The molecule has 0 aliphatic heterocycles. The van der Waals surface area contributed by atoms with Crippen molar-refractivity contribution in [1.29, 1.82) is 0 Å². The van der Waals surface area contributed by atoms with Crippen LogP contribution in [0.5, 0.6) is 5.75 Å². The number of anilines is 2. The molecule has 0 aliphatic rings. The van der Waals surface area contributed by atoms with Crippen LogP contribution in [-0.4, -0.2) is 18.9 Å². The molecule has 0 unspecified atom stereocenters. The molecule has 4 nitrogen and oxygen atoms in total. The number of nitrogens with two attached hydrogens (primary N) is 1. The molecule has 0 spiro atoms. The van der Waals surface area contributed by atoms with Crippen molar-refractivity contribution in [2.75, 3.05) is 18.2 Å². The zero-order valence-corrected chi connectivity index (χ0v) is 10.2. The Kier molecular flexibility index (Phi) is 3.57. The minimum absolute atomic E-state index is 0.0346. The third-order valence-corrected chi connectivity index (χ3v) is 3.06. The molecular formula is C10H16N2O2S. The Balaban J connectivity index is 3.15. The smallest absolute Gasteiger partial charge is 0.176 e. The van der Waals surface area contributed by atoms with E-state index in [2.05, 4.69) is 5.32 Å². The molecule has 1 rings (SSSR count). The number of hydrogen-bond donors (Lipinski definition) is 2. The van der Waals surface area contributed by atoms with Crippen LogP contribution in [0.25, 0.3) is 0 Å². The molecule has 0 radical (unpaired) electrons. The second-order valence-electron chi connectivity index (χ2n) is 3.56. The van der Waals surface area contributed by atoms with Gasteiger partial charge in [0.15, 0.2) is 11.5 Å². The molecule has 0 saturated carbocycles. The Morgan fingerprint density at radius 2 is 2.13 bits per heavy atom. The Morgan fingerprint density at radius 1 is 1.53 bits per heavy atom. The molecule has 0 bridgehead atoms. The first-order valence-corrected chi connectivity index (χ1v) is 5.52. The zero-order valence-electron chi connectivity index (χ0n) is 9.38. The lowest BCUT2D eigenvalue weighted by atomic mass is 10.3. The van der Waals surface area contributed by atoms with Crippen molar-refractivity contribution < 1.29 is 9.53 Å². The summed E-state index contributed by atoms with van der Waals surface area (Å²) in [7, 11) is 1.55. The minimum Gasteiger partial charge on any atom is -0.492 e. The molecule has 5 heteroatoms. The second kappa shape index (κ2) is 4.53. The van der Waals surface area contributed by atoms with Gasteiger partial charge in [-0.15, -0.1) is 11.3 Å². The number of thiophene rings is 1. The number of carbonyl (C=O) groups is 1. The average Bonchev–Trinajstić information content (AvgIpc) is 2.41. The van der Waals surface area contributed by atoms with Crippen molar-refractivity contribution in [3.8, 4) is 5.75 Å². The van der Waals surface area contributed by atoms with Crippen molar-refractivity contribution >= 4 is 27.8 Å². The van der Waals surface area contributed by atoms with Gasteiger partial charge in [-0.2, -0.15) is 0 Å². The van der Waals surface area contributed by atoms with E-state index in [1.54, 1.807) is 7.11 Å². The van der Waals surface area contributed by atoms with Crippen LogP contribution in [0, 0.1) is 0 Å². The molecule has 1 aromatic heterocycles. The van der Waals surface area contributed by atoms with Crippen molar-refractivity contribution in [3.05, 3.63) is 4.88 Å². The summed E-state index contributed by atoms with van der Waals surface area (Å²) in [6, 6.07) is 0.275. The molecule has 0 amide bonds. The predicted molar refractivity (Wildman–Crippen MR) is 64.0 cm³/mol. The summed E-state index contributed by atoms with van der Waals surface area (Å²) < 4.78 is 5.18. The summed E-state index contributed by atoms with van der Waals surface area (Å²) in [5.74, 6) is 0.534. The predicted octanol–water partition coefficient (Wildman–Crippen LogP) is 2.36. The fraction of sp³-hybridized carbons (Fsp3) is 0.500. The molecule has 0 saturated heterocycles. The fourth-order valence-electron chi connectivity index (χ4n) is 1.25. The first-order valence-electron chi connectivity index (χ1n) is 4.71. The normalized spacial score (nSPS) is 10.5. The quantitative estimate of drug-likeness (QED) is 0.776. The van der Waals surface area contributed by atoms with E-state index in [0.717, 1.165) is 5.00 Å². The van der Waals surface area contributed by atoms with E-state index in [-0.39, 0.29) is 11.8 Å². The number of carbonyl (C=O) groups excluding carboxylic acids is 1. The number of nitrogen functional groups attached to an aromatic ring is 1. The topological polar surface area (TPSA) is 64.3 Å². The van der Waals surface area contributed by atoms with Crippen LogP contribution < -0.4 is 15.8 Å². The van der Waals surface area contributed by atoms with Crippen molar-refractivity contribution in [2.24, 2.45) is 0 Å². The van der Waals surface area contributed by atoms with Gasteiger partial charge in [0.1, 0.15) is 5.00 Å². The van der Waals surface area contributed by atoms with Gasteiger partial charge in [-0.25, -0.2) is 0 Å². The maximum atomic E-state index is 11.3. The number of ketones is 1. The van der Waals surface area contributed by atoms with Gasteiger partial charge in [0.2, 0.25) is 0 Å². The monoisotopic (exact) mass is 228 g/mol.